The summed E-state index contributed by atoms with van der Waals surface area (Å²) in [4.78, 5) is 10.9. The molecule has 1 heterocycles. The van der Waals surface area contributed by atoms with Crippen molar-refractivity contribution in [1.29, 1.82) is 0 Å². The van der Waals surface area contributed by atoms with E-state index in [1.54, 1.807) is 0 Å². The lowest BCUT2D eigenvalue weighted by Gasteiger charge is -2.22. The molecule has 4 nitrogen and oxygen atoms in total. The topological polar surface area (TPSA) is 47.6 Å². The fourth-order valence-electron chi connectivity index (χ4n) is 1.25. The first kappa shape index (κ1) is 12.7. The van der Waals surface area contributed by atoms with Gasteiger partial charge in [0, 0.05) is 7.11 Å². The highest BCUT2D eigenvalue weighted by molar-refractivity contribution is 5.85. The third-order valence-corrected chi connectivity index (χ3v) is 1.85. The van der Waals surface area contributed by atoms with E-state index in [1.165, 1.54) is 7.11 Å². The number of carbonyl (C=O) groups excluding carboxylic acids is 1. The minimum atomic E-state index is -0.260. The highest BCUT2D eigenvalue weighted by atomic mass is 35.5. The molecule has 1 fully saturated rings. The number of methoxy groups -OCH3 is 1. The zero-order valence-electron chi connectivity index (χ0n) is 7.75. The summed E-state index contributed by atoms with van der Waals surface area (Å²) in [5, 5.41) is 3.20. The molecule has 1 N–H and O–H groups in total. The van der Waals surface area contributed by atoms with Crippen LogP contribution in [0.5, 0.6) is 0 Å². The lowest BCUT2D eigenvalue weighted by atomic mass is 10.1. The lowest BCUT2D eigenvalue weighted by molar-refractivity contribution is -0.154. The Kier molecular flexibility index (Phi) is 6.94. The Morgan fingerprint density at radius 3 is 2.62 bits per heavy atom. The summed E-state index contributed by atoms with van der Waals surface area (Å²) < 4.78 is 9.78. The normalized spacial score (nSPS) is 17.6. The van der Waals surface area contributed by atoms with Crippen molar-refractivity contribution >= 4 is 18.4 Å². The monoisotopic (exact) mass is 209 g/mol. The van der Waals surface area contributed by atoms with Gasteiger partial charge < -0.3 is 14.8 Å². The average molecular weight is 210 g/mol. The van der Waals surface area contributed by atoms with Crippen LogP contribution in [0, 0.1) is 0 Å². The second-order valence-corrected chi connectivity index (χ2v) is 2.87. The smallest absolute Gasteiger partial charge is 0.332 e. The molecular weight excluding hydrogens is 194 g/mol. The zero-order chi connectivity index (χ0) is 8.81. The standard InChI is InChI=1S/C8H15NO3.ClH/c1-11-6-8(10)12-7-2-4-9-5-3-7;/h7,9H,2-6H2,1H3;1H. The quantitative estimate of drug-likeness (QED) is 0.682. The minimum absolute atomic E-state index is 0. The Morgan fingerprint density at radius 1 is 1.46 bits per heavy atom. The first-order valence-corrected chi connectivity index (χ1v) is 4.22. The molecule has 0 aromatic rings. The fraction of sp³-hybridized carbons (Fsp3) is 0.875. The summed E-state index contributed by atoms with van der Waals surface area (Å²) in [6.45, 7) is 1.93. The summed E-state index contributed by atoms with van der Waals surface area (Å²) in [5.41, 5.74) is 0. The molecule has 13 heavy (non-hydrogen) atoms. The maximum Gasteiger partial charge on any atom is 0.332 e. The molecule has 0 atom stereocenters. The molecule has 0 aliphatic carbocycles. The van der Waals surface area contributed by atoms with Crippen molar-refractivity contribution in [3.05, 3.63) is 0 Å². The van der Waals surface area contributed by atoms with Crippen LogP contribution in [0.4, 0.5) is 0 Å². The van der Waals surface area contributed by atoms with E-state index >= 15 is 0 Å². The first-order chi connectivity index (χ1) is 5.83. The van der Waals surface area contributed by atoms with Crippen molar-refractivity contribution in [3.63, 3.8) is 0 Å². The molecule has 78 valence electrons. The van der Waals surface area contributed by atoms with Gasteiger partial charge >= 0.3 is 5.97 Å². The number of halogens is 1. The Balaban J connectivity index is 0.00000144. The molecule has 0 amide bonds. The van der Waals surface area contributed by atoms with Crippen molar-refractivity contribution in [2.45, 2.75) is 18.9 Å². The predicted molar refractivity (Wildman–Crippen MR) is 51.1 cm³/mol. The second kappa shape index (κ2) is 7.12. The lowest BCUT2D eigenvalue weighted by Crippen LogP contribution is -2.34. The number of nitrogens with one attached hydrogen (secondary N) is 1. The average Bonchev–Trinajstić information content (AvgIpc) is 2.06. The van der Waals surface area contributed by atoms with Crippen molar-refractivity contribution in [2.24, 2.45) is 0 Å². The van der Waals surface area contributed by atoms with E-state index in [1.807, 2.05) is 0 Å². The Labute approximate surface area is 84.4 Å². The number of esters is 1. The minimum Gasteiger partial charge on any atom is -0.461 e. The molecule has 0 spiro atoms. The Hall–Kier alpha value is -0.320. The van der Waals surface area contributed by atoms with Gasteiger partial charge in [0.15, 0.2) is 0 Å². The van der Waals surface area contributed by atoms with E-state index in [4.69, 9.17) is 4.74 Å². The van der Waals surface area contributed by atoms with Crippen LogP contribution >= 0.6 is 12.4 Å². The summed E-state index contributed by atoms with van der Waals surface area (Å²) in [5.74, 6) is -0.260. The van der Waals surface area contributed by atoms with Crippen LogP contribution in [0.2, 0.25) is 0 Å². The highest BCUT2D eigenvalue weighted by Gasteiger charge is 2.16. The van der Waals surface area contributed by atoms with E-state index in [0.717, 1.165) is 25.9 Å². The molecule has 0 unspecified atom stereocenters. The summed E-state index contributed by atoms with van der Waals surface area (Å²) in [6.07, 6.45) is 1.92. The molecule has 1 saturated heterocycles. The van der Waals surface area contributed by atoms with Gasteiger partial charge in [-0.3, -0.25) is 0 Å². The van der Waals surface area contributed by atoms with Crippen molar-refractivity contribution in [1.82, 2.24) is 5.32 Å². The molecule has 1 aliphatic heterocycles. The number of carbonyl (C=O) groups is 1. The third-order valence-electron chi connectivity index (χ3n) is 1.85. The van der Waals surface area contributed by atoms with Gasteiger partial charge in [0.1, 0.15) is 12.7 Å². The van der Waals surface area contributed by atoms with Crippen molar-refractivity contribution in [3.8, 4) is 0 Å². The summed E-state index contributed by atoms with van der Waals surface area (Å²) in [7, 11) is 1.49. The Morgan fingerprint density at radius 2 is 2.08 bits per heavy atom. The molecule has 1 aliphatic rings. The van der Waals surface area contributed by atoms with Gasteiger partial charge in [0.2, 0.25) is 0 Å². The molecule has 0 saturated carbocycles. The van der Waals surface area contributed by atoms with Gasteiger partial charge in [-0.15, -0.1) is 12.4 Å². The van der Waals surface area contributed by atoms with Crippen molar-refractivity contribution in [2.75, 3.05) is 26.8 Å². The molecule has 5 heteroatoms. The maximum atomic E-state index is 10.9. The zero-order valence-corrected chi connectivity index (χ0v) is 8.56. The molecule has 0 bridgehead atoms. The molecule has 0 radical (unpaired) electrons. The van der Waals surface area contributed by atoms with E-state index in [2.05, 4.69) is 10.1 Å². The van der Waals surface area contributed by atoms with Crippen LogP contribution in [0.25, 0.3) is 0 Å². The Bertz CT molecular complexity index is 148. The third kappa shape index (κ3) is 5.08. The summed E-state index contributed by atoms with van der Waals surface area (Å²) in [6, 6.07) is 0. The van der Waals surface area contributed by atoms with E-state index in [0.29, 0.717) is 0 Å². The van der Waals surface area contributed by atoms with Gasteiger partial charge in [-0.1, -0.05) is 0 Å². The van der Waals surface area contributed by atoms with E-state index in [9.17, 15) is 4.79 Å². The second-order valence-electron chi connectivity index (χ2n) is 2.87. The SMILES string of the molecule is COCC(=O)OC1CCNCC1.Cl. The van der Waals surface area contributed by atoms with Gasteiger partial charge in [0.25, 0.3) is 0 Å². The van der Waals surface area contributed by atoms with Crippen molar-refractivity contribution < 1.29 is 14.3 Å². The van der Waals surface area contributed by atoms with Crippen LogP contribution in [-0.2, 0) is 14.3 Å². The van der Waals surface area contributed by atoms with Crippen LogP contribution in [-0.4, -0.2) is 38.9 Å². The molecule has 1 rings (SSSR count). The number of rotatable bonds is 3. The molecular formula is C8H16ClNO3. The maximum absolute atomic E-state index is 10.9. The molecule has 0 aromatic heterocycles. The predicted octanol–water partition coefficient (Wildman–Crippen LogP) is 0.350. The fourth-order valence-corrected chi connectivity index (χ4v) is 1.25. The molecule has 0 aromatic carbocycles. The van der Waals surface area contributed by atoms with Crippen LogP contribution in [0.1, 0.15) is 12.8 Å². The van der Waals surface area contributed by atoms with Gasteiger partial charge in [-0.05, 0) is 25.9 Å². The number of ether oxygens (including phenoxy) is 2. The van der Waals surface area contributed by atoms with E-state index in [-0.39, 0.29) is 31.1 Å². The number of piperidine rings is 1. The number of hydrogen-bond donors (Lipinski definition) is 1. The van der Waals surface area contributed by atoms with Crippen LogP contribution in [0.15, 0.2) is 0 Å². The largest absolute Gasteiger partial charge is 0.461 e. The van der Waals surface area contributed by atoms with E-state index < -0.39 is 0 Å². The number of hydrogen-bond acceptors (Lipinski definition) is 4. The van der Waals surface area contributed by atoms with Crippen LogP contribution in [0.3, 0.4) is 0 Å². The summed E-state index contributed by atoms with van der Waals surface area (Å²) >= 11 is 0. The first-order valence-electron chi connectivity index (χ1n) is 4.22. The van der Waals surface area contributed by atoms with Gasteiger partial charge in [-0.2, -0.15) is 0 Å². The highest BCUT2D eigenvalue weighted by Crippen LogP contribution is 2.06. The van der Waals surface area contributed by atoms with Crippen LogP contribution < -0.4 is 5.32 Å². The van der Waals surface area contributed by atoms with Gasteiger partial charge in [-0.25, -0.2) is 4.79 Å². The van der Waals surface area contributed by atoms with Gasteiger partial charge in [0.05, 0.1) is 0 Å².